The predicted molar refractivity (Wildman–Crippen MR) is 65.1 cm³/mol. The molecule has 0 saturated carbocycles. The Hall–Kier alpha value is -0.0800. The first kappa shape index (κ1) is 11.4. The summed E-state index contributed by atoms with van der Waals surface area (Å²) in [6.07, 6.45) is 8.43. The molecule has 2 fully saturated rings. The zero-order chi connectivity index (χ0) is 10.7. The standard InChI is InChI=1S/C13H26N2/c1-3-5-8-15-12-6-7-13(15)10-11(9-12)14-4-2/h11-14H,3-10H2,1-2H3. The molecular formula is C13H26N2. The van der Waals surface area contributed by atoms with Crippen molar-refractivity contribution in [2.24, 2.45) is 0 Å². The van der Waals surface area contributed by atoms with E-state index in [-0.39, 0.29) is 0 Å². The van der Waals surface area contributed by atoms with Crippen LogP contribution in [0, 0.1) is 0 Å². The van der Waals surface area contributed by atoms with Crippen molar-refractivity contribution in [3.63, 3.8) is 0 Å². The van der Waals surface area contributed by atoms with Crippen molar-refractivity contribution in [3.8, 4) is 0 Å². The zero-order valence-corrected chi connectivity index (χ0v) is 10.3. The Morgan fingerprint density at radius 2 is 1.80 bits per heavy atom. The molecule has 0 amide bonds. The lowest BCUT2D eigenvalue weighted by atomic mass is 9.97. The number of hydrogen-bond donors (Lipinski definition) is 1. The lowest BCUT2D eigenvalue weighted by molar-refractivity contribution is 0.116. The van der Waals surface area contributed by atoms with Gasteiger partial charge in [0.25, 0.3) is 0 Å². The van der Waals surface area contributed by atoms with Crippen molar-refractivity contribution in [1.29, 1.82) is 0 Å². The summed E-state index contributed by atoms with van der Waals surface area (Å²) in [5.41, 5.74) is 0. The molecule has 2 heterocycles. The van der Waals surface area contributed by atoms with E-state index in [1.54, 1.807) is 0 Å². The fraction of sp³-hybridized carbons (Fsp3) is 1.00. The van der Waals surface area contributed by atoms with Crippen LogP contribution in [0.2, 0.25) is 0 Å². The molecule has 88 valence electrons. The minimum atomic E-state index is 0.811. The fourth-order valence-electron chi connectivity index (χ4n) is 3.44. The second-order valence-electron chi connectivity index (χ2n) is 5.20. The molecule has 2 saturated heterocycles. The second kappa shape index (κ2) is 5.31. The maximum absolute atomic E-state index is 3.64. The second-order valence-corrected chi connectivity index (χ2v) is 5.20. The van der Waals surface area contributed by atoms with Gasteiger partial charge in [-0.05, 0) is 45.2 Å². The summed E-state index contributed by atoms with van der Waals surface area (Å²) in [7, 11) is 0. The lowest BCUT2D eigenvalue weighted by Crippen LogP contribution is -2.49. The normalized spacial score (nSPS) is 36.0. The highest BCUT2D eigenvalue weighted by Crippen LogP contribution is 2.35. The van der Waals surface area contributed by atoms with Gasteiger partial charge < -0.3 is 5.32 Å². The molecule has 0 aromatic carbocycles. The summed E-state index contributed by atoms with van der Waals surface area (Å²) >= 11 is 0. The van der Waals surface area contributed by atoms with Gasteiger partial charge in [-0.15, -0.1) is 0 Å². The Morgan fingerprint density at radius 1 is 1.13 bits per heavy atom. The van der Waals surface area contributed by atoms with Crippen LogP contribution >= 0.6 is 0 Å². The van der Waals surface area contributed by atoms with Crippen molar-refractivity contribution in [3.05, 3.63) is 0 Å². The van der Waals surface area contributed by atoms with Crippen LogP contribution in [0.4, 0.5) is 0 Å². The maximum Gasteiger partial charge on any atom is 0.0114 e. The molecule has 2 heteroatoms. The van der Waals surface area contributed by atoms with Gasteiger partial charge in [0.1, 0.15) is 0 Å². The summed E-state index contributed by atoms with van der Waals surface area (Å²) < 4.78 is 0. The van der Waals surface area contributed by atoms with Crippen molar-refractivity contribution in [2.75, 3.05) is 13.1 Å². The van der Waals surface area contributed by atoms with E-state index in [4.69, 9.17) is 0 Å². The van der Waals surface area contributed by atoms with E-state index in [1.165, 1.54) is 45.1 Å². The highest BCUT2D eigenvalue weighted by atomic mass is 15.2. The van der Waals surface area contributed by atoms with E-state index in [0.717, 1.165) is 24.7 Å². The van der Waals surface area contributed by atoms with Crippen molar-refractivity contribution in [1.82, 2.24) is 10.2 Å². The van der Waals surface area contributed by atoms with Crippen molar-refractivity contribution in [2.45, 2.75) is 70.5 Å². The van der Waals surface area contributed by atoms with Crippen LogP contribution in [-0.2, 0) is 0 Å². The van der Waals surface area contributed by atoms with E-state index in [0.29, 0.717) is 0 Å². The summed E-state index contributed by atoms with van der Waals surface area (Å²) in [4.78, 5) is 2.80. The predicted octanol–water partition coefficient (Wildman–Crippen LogP) is 2.39. The van der Waals surface area contributed by atoms with Gasteiger partial charge in [0, 0.05) is 18.1 Å². The molecule has 2 atom stereocenters. The van der Waals surface area contributed by atoms with Gasteiger partial charge in [0.15, 0.2) is 0 Å². The summed E-state index contributed by atoms with van der Waals surface area (Å²) in [6.45, 7) is 7.02. The molecule has 2 aliphatic heterocycles. The third-order valence-corrected chi connectivity index (χ3v) is 4.15. The van der Waals surface area contributed by atoms with Gasteiger partial charge >= 0.3 is 0 Å². The van der Waals surface area contributed by atoms with Gasteiger partial charge in [-0.3, -0.25) is 4.90 Å². The molecular weight excluding hydrogens is 184 g/mol. The van der Waals surface area contributed by atoms with Gasteiger partial charge in [0.05, 0.1) is 0 Å². The topological polar surface area (TPSA) is 15.3 Å². The van der Waals surface area contributed by atoms with Crippen LogP contribution in [-0.4, -0.2) is 36.1 Å². The van der Waals surface area contributed by atoms with E-state index in [9.17, 15) is 0 Å². The van der Waals surface area contributed by atoms with E-state index >= 15 is 0 Å². The zero-order valence-electron chi connectivity index (χ0n) is 10.3. The van der Waals surface area contributed by atoms with Crippen LogP contribution in [0.5, 0.6) is 0 Å². The van der Waals surface area contributed by atoms with Crippen LogP contribution in [0.3, 0.4) is 0 Å². The van der Waals surface area contributed by atoms with Crippen LogP contribution in [0.1, 0.15) is 52.4 Å². The third kappa shape index (κ3) is 2.54. The Bertz CT molecular complexity index is 179. The first-order chi connectivity index (χ1) is 7.35. The molecule has 15 heavy (non-hydrogen) atoms. The fourth-order valence-corrected chi connectivity index (χ4v) is 3.44. The minimum Gasteiger partial charge on any atom is -0.314 e. The van der Waals surface area contributed by atoms with Crippen LogP contribution in [0.25, 0.3) is 0 Å². The monoisotopic (exact) mass is 210 g/mol. The number of unbranched alkanes of at least 4 members (excludes halogenated alkanes) is 1. The van der Waals surface area contributed by atoms with E-state index < -0.39 is 0 Å². The Balaban J connectivity index is 1.86. The highest BCUT2D eigenvalue weighted by Gasteiger charge is 2.39. The van der Waals surface area contributed by atoms with Gasteiger partial charge in [-0.1, -0.05) is 20.3 Å². The van der Waals surface area contributed by atoms with E-state index in [1.807, 2.05) is 0 Å². The molecule has 2 bridgehead atoms. The van der Waals surface area contributed by atoms with Crippen molar-refractivity contribution >= 4 is 0 Å². The first-order valence-corrected chi connectivity index (χ1v) is 6.84. The number of fused-ring (bicyclic) bond motifs is 2. The maximum atomic E-state index is 3.64. The number of nitrogens with one attached hydrogen (secondary N) is 1. The van der Waals surface area contributed by atoms with Gasteiger partial charge in [0.2, 0.25) is 0 Å². The first-order valence-electron chi connectivity index (χ1n) is 6.84. The Kier molecular flexibility index (Phi) is 4.04. The van der Waals surface area contributed by atoms with Gasteiger partial charge in [-0.25, -0.2) is 0 Å². The molecule has 2 nitrogen and oxygen atoms in total. The minimum absolute atomic E-state index is 0.811. The smallest absolute Gasteiger partial charge is 0.0114 e. The van der Waals surface area contributed by atoms with Crippen LogP contribution in [0.15, 0.2) is 0 Å². The Labute approximate surface area is 94.4 Å². The largest absolute Gasteiger partial charge is 0.314 e. The molecule has 2 aliphatic rings. The SMILES string of the molecule is CCCCN1C2CCC1CC(NCC)C2. The average molecular weight is 210 g/mol. The number of nitrogens with zero attached hydrogens (tertiary/aromatic N) is 1. The molecule has 0 aromatic heterocycles. The van der Waals surface area contributed by atoms with Gasteiger partial charge in [-0.2, -0.15) is 0 Å². The Morgan fingerprint density at radius 3 is 2.33 bits per heavy atom. The summed E-state index contributed by atoms with van der Waals surface area (Å²) in [6, 6.07) is 2.61. The molecule has 1 N–H and O–H groups in total. The van der Waals surface area contributed by atoms with Crippen LogP contribution < -0.4 is 5.32 Å². The molecule has 0 aliphatic carbocycles. The third-order valence-electron chi connectivity index (χ3n) is 4.15. The number of rotatable bonds is 5. The number of piperidine rings is 1. The summed E-state index contributed by atoms with van der Waals surface area (Å²) in [5, 5.41) is 3.64. The molecule has 2 rings (SSSR count). The quantitative estimate of drug-likeness (QED) is 0.749. The molecule has 0 radical (unpaired) electrons. The lowest BCUT2D eigenvalue weighted by Gasteiger charge is -2.39. The summed E-state index contributed by atoms with van der Waals surface area (Å²) in [5.74, 6) is 0. The molecule has 0 aromatic rings. The number of hydrogen-bond acceptors (Lipinski definition) is 2. The molecule has 2 unspecified atom stereocenters. The molecule has 0 spiro atoms. The highest BCUT2D eigenvalue weighted by molar-refractivity contribution is 4.97. The average Bonchev–Trinajstić information content (AvgIpc) is 2.48. The van der Waals surface area contributed by atoms with Crippen molar-refractivity contribution < 1.29 is 0 Å². The van der Waals surface area contributed by atoms with E-state index in [2.05, 4.69) is 24.1 Å².